The molecular weight excluding hydrogens is 248 g/mol. The number of piperidine rings is 1. The van der Waals surface area contributed by atoms with Crippen molar-refractivity contribution in [2.24, 2.45) is 5.73 Å². The smallest absolute Gasteiger partial charge is 0.222 e. The second-order valence-corrected chi connectivity index (χ2v) is 4.86. The fraction of sp³-hybridized carbons (Fsp3) is 0.417. The molecule has 2 rings (SSSR count). The van der Waals surface area contributed by atoms with E-state index in [4.69, 9.17) is 18.0 Å². The van der Waals surface area contributed by atoms with Crippen molar-refractivity contribution in [3.8, 4) is 0 Å². The van der Waals surface area contributed by atoms with Gasteiger partial charge in [-0.05, 0) is 18.6 Å². The number of rotatable bonds is 3. The van der Waals surface area contributed by atoms with Gasteiger partial charge in [0.15, 0.2) is 0 Å². The van der Waals surface area contributed by atoms with Crippen LogP contribution in [0.2, 0.25) is 0 Å². The standard InChI is InChI=1S/C12H16N4OS/c1-16-7-8(4-5-10(16)17)15-9-3-2-6-14-11(9)12(13)18/h2-3,6,8,15H,4-5,7H2,1H3,(H2,13,18). The first-order valence-electron chi connectivity index (χ1n) is 5.83. The van der Waals surface area contributed by atoms with Crippen LogP contribution in [-0.4, -0.2) is 40.4 Å². The van der Waals surface area contributed by atoms with E-state index in [-0.39, 0.29) is 16.9 Å². The minimum atomic E-state index is 0.189. The first-order chi connectivity index (χ1) is 8.58. The Morgan fingerprint density at radius 3 is 3.11 bits per heavy atom. The predicted octanol–water partition coefficient (Wildman–Crippen LogP) is 0.748. The van der Waals surface area contributed by atoms with Crippen LogP contribution in [0.5, 0.6) is 0 Å². The monoisotopic (exact) mass is 264 g/mol. The minimum Gasteiger partial charge on any atom is -0.388 e. The first kappa shape index (κ1) is 12.8. The summed E-state index contributed by atoms with van der Waals surface area (Å²) in [6.07, 6.45) is 3.04. The molecule has 0 bridgehead atoms. The number of pyridine rings is 1. The van der Waals surface area contributed by atoms with Crippen molar-refractivity contribution < 1.29 is 4.79 Å². The van der Waals surface area contributed by atoms with Gasteiger partial charge in [0, 0.05) is 32.3 Å². The fourth-order valence-electron chi connectivity index (χ4n) is 2.07. The van der Waals surface area contributed by atoms with Crippen LogP contribution in [0.4, 0.5) is 5.69 Å². The maximum absolute atomic E-state index is 11.4. The number of amides is 1. The summed E-state index contributed by atoms with van der Waals surface area (Å²) < 4.78 is 0. The van der Waals surface area contributed by atoms with Crippen molar-refractivity contribution >= 4 is 28.8 Å². The second-order valence-electron chi connectivity index (χ2n) is 4.42. The highest BCUT2D eigenvalue weighted by Gasteiger charge is 2.23. The Bertz CT molecular complexity index is 477. The summed E-state index contributed by atoms with van der Waals surface area (Å²) in [6, 6.07) is 3.95. The Morgan fingerprint density at radius 2 is 2.44 bits per heavy atom. The third-order valence-electron chi connectivity index (χ3n) is 3.03. The van der Waals surface area contributed by atoms with Gasteiger partial charge < -0.3 is 16.0 Å². The summed E-state index contributed by atoms with van der Waals surface area (Å²) in [5, 5.41) is 3.36. The number of nitrogens with one attached hydrogen (secondary N) is 1. The highest BCUT2D eigenvalue weighted by molar-refractivity contribution is 7.80. The van der Waals surface area contributed by atoms with Gasteiger partial charge in [-0.25, -0.2) is 0 Å². The zero-order valence-corrected chi connectivity index (χ0v) is 11.0. The Hall–Kier alpha value is -1.69. The molecule has 5 nitrogen and oxygen atoms in total. The van der Waals surface area contributed by atoms with E-state index in [0.29, 0.717) is 18.7 Å². The zero-order chi connectivity index (χ0) is 13.1. The molecule has 0 aromatic carbocycles. The Labute approximate surface area is 111 Å². The third-order valence-corrected chi connectivity index (χ3v) is 3.22. The maximum Gasteiger partial charge on any atom is 0.222 e. The Kier molecular flexibility index (Phi) is 3.76. The van der Waals surface area contributed by atoms with E-state index in [9.17, 15) is 4.79 Å². The normalized spacial score (nSPS) is 19.7. The number of thiocarbonyl (C=S) groups is 1. The average Bonchev–Trinajstić information content (AvgIpc) is 2.34. The third kappa shape index (κ3) is 2.76. The van der Waals surface area contributed by atoms with E-state index in [2.05, 4.69) is 10.3 Å². The number of carbonyl (C=O) groups excluding carboxylic acids is 1. The Morgan fingerprint density at radius 1 is 1.67 bits per heavy atom. The number of nitrogens with two attached hydrogens (primary N) is 1. The number of likely N-dealkylation sites (tertiary alicyclic amines) is 1. The first-order valence-corrected chi connectivity index (χ1v) is 6.24. The van der Waals surface area contributed by atoms with Crippen LogP contribution in [0.25, 0.3) is 0 Å². The second kappa shape index (κ2) is 5.30. The lowest BCUT2D eigenvalue weighted by Gasteiger charge is -2.31. The lowest BCUT2D eigenvalue weighted by molar-refractivity contribution is -0.132. The molecule has 0 radical (unpaired) electrons. The minimum absolute atomic E-state index is 0.189. The van der Waals surface area contributed by atoms with E-state index in [0.717, 1.165) is 12.1 Å². The van der Waals surface area contributed by atoms with Crippen LogP contribution < -0.4 is 11.1 Å². The molecule has 96 valence electrons. The van der Waals surface area contributed by atoms with Gasteiger partial charge in [-0.2, -0.15) is 0 Å². The van der Waals surface area contributed by atoms with E-state index in [1.165, 1.54) is 0 Å². The van der Waals surface area contributed by atoms with Gasteiger partial charge >= 0.3 is 0 Å². The fourth-order valence-corrected chi connectivity index (χ4v) is 2.23. The number of likely N-dealkylation sites (N-methyl/N-ethyl adjacent to an activating group) is 1. The van der Waals surface area contributed by atoms with E-state index in [1.54, 1.807) is 11.1 Å². The molecule has 1 saturated heterocycles. The number of hydrogen-bond acceptors (Lipinski definition) is 4. The molecule has 1 fully saturated rings. The molecule has 1 unspecified atom stereocenters. The molecule has 18 heavy (non-hydrogen) atoms. The Balaban J connectivity index is 2.10. The van der Waals surface area contributed by atoms with Gasteiger partial charge in [-0.3, -0.25) is 9.78 Å². The number of hydrogen-bond donors (Lipinski definition) is 2. The molecule has 1 aromatic heterocycles. The van der Waals surface area contributed by atoms with Crippen LogP contribution in [0.15, 0.2) is 18.3 Å². The molecular formula is C12H16N4OS. The van der Waals surface area contributed by atoms with Crippen molar-refractivity contribution in [3.63, 3.8) is 0 Å². The quantitative estimate of drug-likeness (QED) is 0.788. The van der Waals surface area contributed by atoms with Gasteiger partial charge in [0.05, 0.1) is 5.69 Å². The van der Waals surface area contributed by atoms with Gasteiger partial charge in [-0.15, -0.1) is 0 Å². The highest BCUT2D eigenvalue weighted by atomic mass is 32.1. The SMILES string of the molecule is CN1CC(Nc2cccnc2C(N)=S)CCC1=O. The summed E-state index contributed by atoms with van der Waals surface area (Å²) in [5.41, 5.74) is 7.07. The van der Waals surface area contributed by atoms with E-state index < -0.39 is 0 Å². The maximum atomic E-state index is 11.4. The molecule has 1 amide bonds. The zero-order valence-electron chi connectivity index (χ0n) is 10.2. The van der Waals surface area contributed by atoms with Gasteiger partial charge in [-0.1, -0.05) is 12.2 Å². The van der Waals surface area contributed by atoms with Crippen LogP contribution in [0.3, 0.4) is 0 Å². The van der Waals surface area contributed by atoms with Crippen molar-refractivity contribution in [2.45, 2.75) is 18.9 Å². The van der Waals surface area contributed by atoms with Crippen molar-refractivity contribution in [1.82, 2.24) is 9.88 Å². The van der Waals surface area contributed by atoms with Crippen molar-refractivity contribution in [3.05, 3.63) is 24.0 Å². The number of anilines is 1. The van der Waals surface area contributed by atoms with Crippen LogP contribution in [0.1, 0.15) is 18.5 Å². The molecule has 1 atom stereocenters. The van der Waals surface area contributed by atoms with E-state index in [1.807, 2.05) is 19.2 Å². The van der Waals surface area contributed by atoms with Gasteiger partial charge in [0.25, 0.3) is 0 Å². The molecule has 0 aliphatic carbocycles. The van der Waals surface area contributed by atoms with Crippen molar-refractivity contribution in [2.75, 3.05) is 18.9 Å². The summed E-state index contributed by atoms with van der Waals surface area (Å²) in [6.45, 7) is 0.685. The molecule has 1 aliphatic rings. The molecule has 3 N–H and O–H groups in total. The van der Waals surface area contributed by atoms with Crippen molar-refractivity contribution in [1.29, 1.82) is 0 Å². The topological polar surface area (TPSA) is 71.2 Å². The largest absolute Gasteiger partial charge is 0.388 e. The summed E-state index contributed by atoms with van der Waals surface area (Å²) in [7, 11) is 1.81. The number of nitrogens with zero attached hydrogens (tertiary/aromatic N) is 2. The molecule has 1 aliphatic heterocycles. The van der Waals surface area contributed by atoms with Gasteiger partial charge in [0.2, 0.25) is 5.91 Å². The highest BCUT2D eigenvalue weighted by Crippen LogP contribution is 2.18. The lowest BCUT2D eigenvalue weighted by atomic mass is 10.1. The summed E-state index contributed by atoms with van der Waals surface area (Å²) >= 11 is 4.97. The van der Waals surface area contributed by atoms with Crippen LogP contribution >= 0.6 is 12.2 Å². The molecule has 6 heteroatoms. The number of aromatic nitrogens is 1. The number of carbonyl (C=O) groups is 1. The summed E-state index contributed by atoms with van der Waals surface area (Å²) in [4.78, 5) is 17.6. The van der Waals surface area contributed by atoms with Crippen LogP contribution in [0, 0.1) is 0 Å². The summed E-state index contributed by atoms with van der Waals surface area (Å²) in [5.74, 6) is 0.189. The average molecular weight is 264 g/mol. The molecule has 1 aromatic rings. The van der Waals surface area contributed by atoms with Gasteiger partial charge in [0.1, 0.15) is 10.7 Å². The molecule has 2 heterocycles. The van der Waals surface area contributed by atoms with Crippen LogP contribution in [-0.2, 0) is 4.79 Å². The lowest BCUT2D eigenvalue weighted by Crippen LogP contribution is -2.43. The molecule has 0 spiro atoms. The van der Waals surface area contributed by atoms with E-state index >= 15 is 0 Å². The predicted molar refractivity (Wildman–Crippen MR) is 74.4 cm³/mol. The molecule has 0 saturated carbocycles.